The molecule has 4 rings (SSSR count). The molecule has 0 fully saturated rings. The number of ether oxygens (including phenoxy) is 2. The van der Waals surface area contributed by atoms with Gasteiger partial charge in [-0.05, 0) is 67.6 Å². The molecule has 0 aromatic heterocycles. The first kappa shape index (κ1) is 22.9. The number of hydrogen-bond donors (Lipinski definition) is 1. The monoisotopic (exact) mass is 445 g/mol. The first-order valence-electron chi connectivity index (χ1n) is 11.6. The molecular formula is C28H31NO4. The van der Waals surface area contributed by atoms with Crippen LogP contribution in [0.2, 0.25) is 0 Å². The van der Waals surface area contributed by atoms with Crippen molar-refractivity contribution in [1.29, 1.82) is 0 Å². The zero-order valence-corrected chi connectivity index (χ0v) is 19.2. The van der Waals surface area contributed by atoms with E-state index in [9.17, 15) is 9.90 Å². The van der Waals surface area contributed by atoms with E-state index in [-0.39, 0.29) is 6.04 Å². The molecule has 1 N–H and O–H groups in total. The van der Waals surface area contributed by atoms with Gasteiger partial charge in [-0.2, -0.15) is 0 Å². The third kappa shape index (κ3) is 5.37. The van der Waals surface area contributed by atoms with E-state index in [0.29, 0.717) is 19.6 Å². The lowest BCUT2D eigenvalue weighted by molar-refractivity contribution is -0.149. The van der Waals surface area contributed by atoms with Gasteiger partial charge in [0.25, 0.3) is 0 Å². The highest BCUT2D eigenvalue weighted by Gasteiger charge is 2.25. The molecule has 1 aliphatic heterocycles. The number of nitrogens with zero attached hydrogens (tertiary/aromatic N) is 1. The van der Waals surface area contributed by atoms with Crippen LogP contribution < -0.4 is 9.64 Å². The van der Waals surface area contributed by atoms with Crippen molar-refractivity contribution in [2.24, 2.45) is 0 Å². The number of rotatable bonds is 9. The van der Waals surface area contributed by atoms with Crippen molar-refractivity contribution < 1.29 is 19.4 Å². The second-order valence-corrected chi connectivity index (χ2v) is 8.42. The van der Waals surface area contributed by atoms with Gasteiger partial charge in [-0.3, -0.25) is 0 Å². The maximum absolute atomic E-state index is 11.3. The van der Waals surface area contributed by atoms with E-state index >= 15 is 0 Å². The summed E-state index contributed by atoms with van der Waals surface area (Å²) < 4.78 is 11.5. The minimum Gasteiger partial charge on any atom is -0.491 e. The molecule has 3 aromatic carbocycles. The number of carboxylic acids is 1. The standard InChI is InChI=1S/C28H31NO4/c1-3-32-27(28(30)31)18-21-12-16-24(17-13-21)33-19-20(2)29-25-10-6-4-8-22(25)14-15-23-9-5-7-11-26(23)29/h4-13,16-17,20,27H,3,14-15,18-19H2,1-2H3,(H,30,31). The summed E-state index contributed by atoms with van der Waals surface area (Å²) in [5.74, 6) is -0.172. The molecule has 0 radical (unpaired) electrons. The SMILES string of the molecule is CCOC(Cc1ccc(OCC(C)N2c3ccccc3CCc3ccccc32)cc1)C(=O)O. The van der Waals surface area contributed by atoms with E-state index in [2.05, 4.69) is 60.4 Å². The maximum atomic E-state index is 11.3. The Bertz CT molecular complexity index is 1030. The molecule has 0 saturated carbocycles. The summed E-state index contributed by atoms with van der Waals surface area (Å²) in [6.07, 6.45) is 1.56. The molecule has 0 amide bonds. The Hall–Kier alpha value is -3.31. The van der Waals surface area contributed by atoms with Crippen molar-refractivity contribution >= 4 is 17.3 Å². The zero-order valence-electron chi connectivity index (χ0n) is 19.2. The molecule has 33 heavy (non-hydrogen) atoms. The Morgan fingerprint density at radius 2 is 1.52 bits per heavy atom. The van der Waals surface area contributed by atoms with Crippen LogP contribution in [0.25, 0.3) is 0 Å². The van der Waals surface area contributed by atoms with Crippen LogP contribution in [0.4, 0.5) is 11.4 Å². The summed E-state index contributed by atoms with van der Waals surface area (Å²) in [4.78, 5) is 13.7. The first-order chi connectivity index (χ1) is 16.1. The fraction of sp³-hybridized carbons (Fsp3) is 0.321. The third-order valence-electron chi connectivity index (χ3n) is 6.09. The van der Waals surface area contributed by atoms with Crippen molar-refractivity contribution in [3.8, 4) is 5.75 Å². The van der Waals surface area contributed by atoms with Gasteiger partial charge in [0.15, 0.2) is 6.10 Å². The highest BCUT2D eigenvalue weighted by atomic mass is 16.5. The van der Waals surface area contributed by atoms with Gasteiger partial charge in [0.05, 0.1) is 6.04 Å². The highest BCUT2D eigenvalue weighted by Crippen LogP contribution is 2.37. The second-order valence-electron chi connectivity index (χ2n) is 8.42. The Morgan fingerprint density at radius 3 is 2.06 bits per heavy atom. The van der Waals surface area contributed by atoms with Crippen LogP contribution in [0.15, 0.2) is 72.8 Å². The largest absolute Gasteiger partial charge is 0.491 e. The van der Waals surface area contributed by atoms with Crippen LogP contribution in [0.5, 0.6) is 5.75 Å². The molecule has 1 heterocycles. The molecule has 0 spiro atoms. The van der Waals surface area contributed by atoms with Gasteiger partial charge in [0.2, 0.25) is 0 Å². The van der Waals surface area contributed by atoms with E-state index in [1.165, 1.54) is 22.5 Å². The van der Waals surface area contributed by atoms with Gasteiger partial charge >= 0.3 is 5.97 Å². The summed E-state index contributed by atoms with van der Waals surface area (Å²) >= 11 is 0. The fourth-order valence-electron chi connectivity index (χ4n) is 4.43. The molecule has 3 aromatic rings. The topological polar surface area (TPSA) is 59.0 Å². The number of carboxylic acid groups (broad SMARTS) is 1. The van der Waals surface area contributed by atoms with Crippen molar-refractivity contribution in [2.45, 2.75) is 45.3 Å². The van der Waals surface area contributed by atoms with Crippen LogP contribution in [0.3, 0.4) is 0 Å². The molecule has 5 nitrogen and oxygen atoms in total. The number of aliphatic carboxylic acids is 1. The summed E-state index contributed by atoms with van der Waals surface area (Å²) in [6.45, 7) is 4.89. The number of anilines is 2. The molecule has 5 heteroatoms. The normalized spacial score (nSPS) is 14.5. The minimum atomic E-state index is -0.941. The Kier molecular flexibility index (Phi) is 7.30. The van der Waals surface area contributed by atoms with E-state index in [1.54, 1.807) is 6.92 Å². The van der Waals surface area contributed by atoms with Crippen molar-refractivity contribution in [1.82, 2.24) is 0 Å². The van der Waals surface area contributed by atoms with Crippen LogP contribution in [0.1, 0.15) is 30.5 Å². The summed E-state index contributed by atoms with van der Waals surface area (Å²) in [7, 11) is 0. The fourth-order valence-corrected chi connectivity index (χ4v) is 4.43. The molecule has 172 valence electrons. The average Bonchev–Trinajstić information content (AvgIpc) is 3.00. The summed E-state index contributed by atoms with van der Waals surface area (Å²) in [5.41, 5.74) is 6.10. The van der Waals surface area contributed by atoms with Crippen molar-refractivity contribution in [3.05, 3.63) is 89.5 Å². The lowest BCUT2D eigenvalue weighted by atomic mass is 10.0. The number of carbonyl (C=O) groups is 1. The quantitative estimate of drug-likeness (QED) is 0.476. The van der Waals surface area contributed by atoms with Gasteiger partial charge in [-0.1, -0.05) is 48.5 Å². The number of fused-ring (bicyclic) bond motifs is 2. The lowest BCUT2D eigenvalue weighted by Gasteiger charge is -2.33. The Labute approximate surface area is 195 Å². The van der Waals surface area contributed by atoms with E-state index in [0.717, 1.165) is 24.2 Å². The summed E-state index contributed by atoms with van der Waals surface area (Å²) in [6, 6.07) is 25.0. The van der Waals surface area contributed by atoms with Crippen LogP contribution in [-0.2, 0) is 28.8 Å². The van der Waals surface area contributed by atoms with Gasteiger partial charge in [0.1, 0.15) is 12.4 Å². The molecule has 0 saturated heterocycles. The van der Waals surface area contributed by atoms with Crippen molar-refractivity contribution in [3.63, 3.8) is 0 Å². The predicted molar refractivity (Wildman–Crippen MR) is 131 cm³/mol. The minimum absolute atomic E-state index is 0.124. The smallest absolute Gasteiger partial charge is 0.333 e. The van der Waals surface area contributed by atoms with Crippen LogP contribution in [0, 0.1) is 0 Å². The number of para-hydroxylation sites is 2. The van der Waals surface area contributed by atoms with Gasteiger partial charge in [-0.25, -0.2) is 4.79 Å². The molecule has 1 aliphatic rings. The molecule has 2 atom stereocenters. The first-order valence-corrected chi connectivity index (χ1v) is 11.6. The van der Waals surface area contributed by atoms with Crippen molar-refractivity contribution in [2.75, 3.05) is 18.1 Å². The Morgan fingerprint density at radius 1 is 0.939 bits per heavy atom. The molecule has 0 aliphatic carbocycles. The van der Waals surface area contributed by atoms with Gasteiger partial charge in [0, 0.05) is 24.4 Å². The Balaban J connectivity index is 1.47. The molecular weight excluding hydrogens is 414 g/mol. The predicted octanol–water partition coefficient (Wildman–Crippen LogP) is 5.42. The van der Waals surface area contributed by atoms with E-state index in [1.807, 2.05) is 24.3 Å². The maximum Gasteiger partial charge on any atom is 0.333 e. The number of aryl methyl sites for hydroxylation is 2. The second kappa shape index (κ2) is 10.5. The average molecular weight is 446 g/mol. The van der Waals surface area contributed by atoms with Gasteiger partial charge in [-0.15, -0.1) is 0 Å². The molecule has 2 unspecified atom stereocenters. The third-order valence-corrected chi connectivity index (χ3v) is 6.09. The number of hydrogen-bond acceptors (Lipinski definition) is 4. The van der Waals surface area contributed by atoms with Crippen LogP contribution in [-0.4, -0.2) is 36.4 Å². The zero-order chi connectivity index (χ0) is 23.2. The molecule has 0 bridgehead atoms. The highest BCUT2D eigenvalue weighted by molar-refractivity contribution is 5.73. The lowest BCUT2D eigenvalue weighted by Crippen LogP contribution is -2.34. The number of benzene rings is 3. The van der Waals surface area contributed by atoms with Gasteiger partial charge < -0.3 is 19.5 Å². The van der Waals surface area contributed by atoms with E-state index < -0.39 is 12.1 Å². The van der Waals surface area contributed by atoms with Crippen LogP contribution >= 0.6 is 0 Å². The van der Waals surface area contributed by atoms with E-state index in [4.69, 9.17) is 9.47 Å². The summed E-state index contributed by atoms with van der Waals surface area (Å²) in [5, 5.41) is 9.29.